The first-order chi connectivity index (χ1) is 32.2. The Balaban J connectivity index is 1.29. The third kappa shape index (κ3) is 7.53. The first-order valence-electron chi connectivity index (χ1n) is 20.3. The molecular formula is C52H26F12N4. The van der Waals surface area contributed by atoms with Gasteiger partial charge in [-0.15, -0.1) is 0 Å². The van der Waals surface area contributed by atoms with Gasteiger partial charge in [0.05, 0.1) is 79.7 Å². The molecule has 0 aliphatic carbocycles. The minimum atomic E-state index is -5.11. The van der Waals surface area contributed by atoms with E-state index in [2.05, 4.69) is 11.1 Å². The fraction of sp³-hybridized carbons (Fsp3) is 0.0769. The average molecular weight is 935 g/mol. The van der Waals surface area contributed by atoms with Crippen molar-refractivity contribution >= 4 is 43.6 Å². The normalized spacial score (nSPS) is 12.7. The summed E-state index contributed by atoms with van der Waals surface area (Å²) in [6.07, 6.45) is -17.4. The standard InChI is InChI=1S/C52H26F12N4/c53-49(54,55)34-17-32(18-35(23-34)50(56,57)58)29-12-14-40-38-8-1-3-10-42(38)67(44(40)21-29)46-26-66-27-47(48(46)31-7-5-6-28(16-31)25-65)68-43-11-4-2-9-39(43)41-15-13-30(22-45(41)68)33-19-36(51(59,60)61)24-37(20-33)52(62,63)64/h1-24,26-27H. The molecule has 0 spiro atoms. The van der Waals surface area contributed by atoms with Crippen molar-refractivity contribution in [2.45, 2.75) is 24.7 Å². The maximum Gasteiger partial charge on any atom is 0.416 e. The number of nitrogens with zero attached hydrogens (tertiary/aromatic N) is 4. The Kier molecular flexibility index (Phi) is 9.99. The quantitative estimate of drug-likeness (QED) is 0.161. The number of rotatable bonds is 5. The van der Waals surface area contributed by atoms with Crippen molar-refractivity contribution in [1.29, 1.82) is 5.26 Å². The van der Waals surface area contributed by atoms with Crippen molar-refractivity contribution in [2.24, 2.45) is 0 Å². The summed E-state index contributed by atoms with van der Waals surface area (Å²) in [5, 5.41) is 12.5. The molecule has 0 bridgehead atoms. The predicted octanol–water partition coefficient (Wildman–Crippen LogP) is 16.2. The van der Waals surface area contributed by atoms with Gasteiger partial charge in [-0.1, -0.05) is 72.8 Å². The molecule has 10 rings (SSSR count). The second kappa shape index (κ2) is 15.5. The van der Waals surface area contributed by atoms with Gasteiger partial charge in [0.25, 0.3) is 0 Å². The molecule has 3 heterocycles. The van der Waals surface area contributed by atoms with E-state index in [-0.39, 0.29) is 39.9 Å². The van der Waals surface area contributed by atoms with Crippen LogP contribution in [0.15, 0.2) is 158 Å². The maximum absolute atomic E-state index is 14.1. The fourth-order valence-electron chi connectivity index (χ4n) is 8.88. The van der Waals surface area contributed by atoms with Crippen molar-refractivity contribution in [3.05, 3.63) is 186 Å². The molecule has 10 aromatic rings. The summed E-state index contributed by atoms with van der Waals surface area (Å²) >= 11 is 0. The van der Waals surface area contributed by atoms with Crippen molar-refractivity contribution in [1.82, 2.24) is 14.1 Å². The Hall–Kier alpha value is -8.06. The van der Waals surface area contributed by atoms with Crippen molar-refractivity contribution in [3.8, 4) is 50.8 Å². The van der Waals surface area contributed by atoms with Crippen LogP contribution >= 0.6 is 0 Å². The highest BCUT2D eigenvalue weighted by molar-refractivity contribution is 6.13. The number of hydrogen-bond donors (Lipinski definition) is 0. The van der Waals surface area contributed by atoms with Crippen molar-refractivity contribution in [2.75, 3.05) is 0 Å². The van der Waals surface area contributed by atoms with E-state index in [1.54, 1.807) is 94.1 Å². The highest BCUT2D eigenvalue weighted by Gasteiger charge is 2.39. The summed E-state index contributed by atoms with van der Waals surface area (Å²) < 4.78 is 172. The molecule has 0 aliphatic heterocycles. The largest absolute Gasteiger partial charge is 0.416 e. The minimum absolute atomic E-state index is 0.0218. The van der Waals surface area contributed by atoms with Gasteiger partial charge >= 0.3 is 24.7 Å². The van der Waals surface area contributed by atoms with Crippen LogP contribution in [0.2, 0.25) is 0 Å². The van der Waals surface area contributed by atoms with E-state index in [1.807, 2.05) is 0 Å². The van der Waals surface area contributed by atoms with Crippen LogP contribution in [0.25, 0.3) is 88.4 Å². The lowest BCUT2D eigenvalue weighted by molar-refractivity contribution is -0.144. The van der Waals surface area contributed by atoms with Crippen molar-refractivity contribution < 1.29 is 52.7 Å². The second-order valence-corrected chi connectivity index (χ2v) is 16.0. The third-order valence-corrected chi connectivity index (χ3v) is 11.9. The number of fused-ring (bicyclic) bond motifs is 6. The molecule has 338 valence electrons. The number of para-hydroxylation sites is 2. The highest BCUT2D eigenvalue weighted by atomic mass is 19.4. The number of pyridine rings is 1. The molecule has 0 atom stereocenters. The molecule has 4 nitrogen and oxygen atoms in total. The number of alkyl halides is 12. The molecule has 16 heteroatoms. The van der Waals surface area contributed by atoms with Gasteiger partial charge in [0.15, 0.2) is 0 Å². The average Bonchev–Trinajstić information content (AvgIpc) is 3.82. The van der Waals surface area contributed by atoms with Crippen LogP contribution < -0.4 is 0 Å². The van der Waals surface area contributed by atoms with Crippen LogP contribution in [-0.2, 0) is 24.7 Å². The summed E-state index contributed by atoms with van der Waals surface area (Å²) in [4.78, 5) is 4.66. The second-order valence-electron chi connectivity index (χ2n) is 16.0. The molecule has 0 aliphatic rings. The Morgan fingerprint density at radius 2 is 0.765 bits per heavy atom. The lowest BCUT2D eigenvalue weighted by Crippen LogP contribution is -2.11. The van der Waals surface area contributed by atoms with Gasteiger partial charge in [-0.25, -0.2) is 0 Å². The molecule has 0 radical (unpaired) electrons. The number of halogens is 12. The van der Waals surface area contributed by atoms with Crippen LogP contribution in [0.3, 0.4) is 0 Å². The van der Waals surface area contributed by atoms with Crippen LogP contribution in [0, 0.1) is 11.3 Å². The molecular weight excluding hydrogens is 909 g/mol. The maximum atomic E-state index is 14.1. The summed E-state index contributed by atoms with van der Waals surface area (Å²) in [5.41, 5.74) is -3.13. The SMILES string of the molecule is N#Cc1cccc(-c2c(-n3c4ccccc4c4ccc(-c5cc(C(F)(F)F)cc(C(F)(F)F)c5)cc43)cncc2-n2c3ccccc3c3ccc(-c4cc(C(F)(F)F)cc(C(F)(F)F)c4)cc32)c1. The summed E-state index contributed by atoms with van der Waals surface area (Å²) in [5.74, 6) is 0. The summed E-state index contributed by atoms with van der Waals surface area (Å²) in [6.45, 7) is 0. The molecule has 0 saturated carbocycles. The third-order valence-electron chi connectivity index (χ3n) is 11.9. The number of hydrogen-bond acceptors (Lipinski definition) is 2. The van der Waals surface area contributed by atoms with Gasteiger partial charge in [0.1, 0.15) is 0 Å². The molecule has 68 heavy (non-hydrogen) atoms. The van der Waals surface area contributed by atoms with Crippen LogP contribution in [0.1, 0.15) is 27.8 Å². The number of nitriles is 1. The van der Waals surface area contributed by atoms with E-state index in [0.717, 1.165) is 0 Å². The van der Waals surface area contributed by atoms with Gasteiger partial charge in [-0.2, -0.15) is 57.9 Å². The molecule has 0 N–H and O–H groups in total. The zero-order valence-electron chi connectivity index (χ0n) is 34.3. The first kappa shape index (κ1) is 43.8. The Morgan fingerprint density at radius 3 is 1.16 bits per heavy atom. The Morgan fingerprint density at radius 1 is 0.368 bits per heavy atom. The Bertz CT molecular complexity index is 3440. The molecule has 7 aromatic carbocycles. The molecule has 0 unspecified atom stereocenters. The summed E-state index contributed by atoms with van der Waals surface area (Å²) in [7, 11) is 0. The monoisotopic (exact) mass is 934 g/mol. The van der Waals surface area contributed by atoms with Gasteiger partial charge in [0, 0.05) is 27.1 Å². The lowest BCUT2D eigenvalue weighted by atomic mass is 9.97. The van der Waals surface area contributed by atoms with E-state index in [1.165, 1.54) is 36.7 Å². The zero-order valence-corrected chi connectivity index (χ0v) is 34.3. The number of benzene rings is 7. The van der Waals surface area contributed by atoms with Gasteiger partial charge in [0.2, 0.25) is 0 Å². The van der Waals surface area contributed by atoms with Crippen LogP contribution in [0.4, 0.5) is 52.7 Å². The Labute approximate surface area is 376 Å². The number of aromatic nitrogens is 3. The van der Waals surface area contributed by atoms with E-state index in [0.29, 0.717) is 90.4 Å². The fourth-order valence-corrected chi connectivity index (χ4v) is 8.88. The van der Waals surface area contributed by atoms with Crippen molar-refractivity contribution in [3.63, 3.8) is 0 Å². The van der Waals surface area contributed by atoms with Gasteiger partial charge in [-0.05, 0) is 101 Å². The van der Waals surface area contributed by atoms with Gasteiger partial charge < -0.3 is 9.13 Å². The smallest absolute Gasteiger partial charge is 0.307 e. The van der Waals surface area contributed by atoms with Crippen LogP contribution in [-0.4, -0.2) is 14.1 Å². The van der Waals surface area contributed by atoms with E-state index < -0.39 is 47.0 Å². The first-order valence-corrected chi connectivity index (χ1v) is 20.3. The topological polar surface area (TPSA) is 46.5 Å². The molecule has 3 aromatic heterocycles. The molecule has 0 amide bonds. The van der Waals surface area contributed by atoms with E-state index in [4.69, 9.17) is 0 Å². The van der Waals surface area contributed by atoms with E-state index >= 15 is 0 Å². The zero-order chi connectivity index (χ0) is 48.1. The summed E-state index contributed by atoms with van der Waals surface area (Å²) in [6, 6.07) is 34.4. The molecule has 0 saturated heterocycles. The van der Waals surface area contributed by atoms with Gasteiger partial charge in [-0.3, -0.25) is 4.98 Å². The van der Waals surface area contributed by atoms with Crippen LogP contribution in [0.5, 0.6) is 0 Å². The predicted molar refractivity (Wildman–Crippen MR) is 234 cm³/mol. The minimum Gasteiger partial charge on any atom is -0.307 e. The lowest BCUT2D eigenvalue weighted by Gasteiger charge is -2.20. The highest BCUT2D eigenvalue weighted by Crippen LogP contribution is 2.46. The molecule has 0 fully saturated rings. The van der Waals surface area contributed by atoms with E-state index in [9.17, 15) is 57.9 Å².